The lowest BCUT2D eigenvalue weighted by Crippen LogP contribution is -2.03. The van der Waals surface area contributed by atoms with Gasteiger partial charge < -0.3 is 14.6 Å². The first-order valence-electron chi connectivity index (χ1n) is 6.80. The van der Waals surface area contributed by atoms with Crippen LogP contribution >= 0.6 is 15.9 Å². The highest BCUT2D eigenvalue weighted by Gasteiger charge is 2.13. The van der Waals surface area contributed by atoms with Gasteiger partial charge in [-0.05, 0) is 52.3 Å². The smallest absolute Gasteiger partial charge is 0.337 e. The van der Waals surface area contributed by atoms with Gasteiger partial charge >= 0.3 is 5.97 Å². The number of halogens is 1. The summed E-state index contributed by atoms with van der Waals surface area (Å²) in [5.41, 5.74) is 0.735. The molecule has 6 nitrogen and oxygen atoms in total. The minimum atomic E-state index is -0.593. The molecule has 0 aliphatic rings. The van der Waals surface area contributed by atoms with E-state index in [2.05, 4.69) is 25.7 Å². The van der Waals surface area contributed by atoms with Gasteiger partial charge in [0.1, 0.15) is 5.75 Å². The molecule has 0 saturated heterocycles. The Labute approximate surface area is 146 Å². The van der Waals surface area contributed by atoms with Crippen molar-refractivity contribution >= 4 is 33.8 Å². The first-order chi connectivity index (χ1) is 11.5. The molecule has 1 heterocycles. The number of pyridine rings is 1. The molecule has 24 heavy (non-hydrogen) atoms. The number of aromatic nitrogens is 1. The van der Waals surface area contributed by atoms with Crippen LogP contribution in [0.1, 0.15) is 26.4 Å². The number of hydrogen-bond acceptors (Lipinski definition) is 6. The van der Waals surface area contributed by atoms with Crippen molar-refractivity contribution < 1.29 is 24.2 Å². The van der Waals surface area contributed by atoms with Crippen LogP contribution in [0, 0.1) is 0 Å². The standard InChI is InChI=1S/C17H14BrNO5/c1-23-16-8-5-12(18)13(19-16)6-7-14(20)11-4-3-10(9-15(11)21)17(22)24-2/h3-9,21H,1-2H3. The third-order valence-electron chi connectivity index (χ3n) is 3.13. The molecule has 0 radical (unpaired) electrons. The van der Waals surface area contributed by atoms with Crippen LogP contribution in [-0.2, 0) is 4.74 Å². The maximum atomic E-state index is 12.2. The number of benzene rings is 1. The fourth-order valence-corrected chi connectivity index (χ4v) is 2.25. The lowest BCUT2D eigenvalue weighted by Gasteiger charge is -2.04. The molecule has 0 spiro atoms. The van der Waals surface area contributed by atoms with E-state index >= 15 is 0 Å². The fourth-order valence-electron chi connectivity index (χ4n) is 1.90. The summed E-state index contributed by atoms with van der Waals surface area (Å²) in [6.07, 6.45) is 2.78. The highest BCUT2D eigenvalue weighted by Crippen LogP contribution is 2.22. The van der Waals surface area contributed by atoms with E-state index in [0.29, 0.717) is 16.0 Å². The SMILES string of the molecule is COC(=O)c1ccc(C(=O)C=Cc2nc(OC)ccc2Br)c(O)c1. The van der Waals surface area contributed by atoms with Crippen LogP contribution in [0.3, 0.4) is 0 Å². The Bertz CT molecular complexity index is 817. The fraction of sp³-hybridized carbons (Fsp3) is 0.118. The number of aromatic hydroxyl groups is 1. The van der Waals surface area contributed by atoms with Crippen molar-refractivity contribution in [2.24, 2.45) is 0 Å². The van der Waals surface area contributed by atoms with Gasteiger partial charge in [-0.15, -0.1) is 0 Å². The Morgan fingerprint density at radius 2 is 1.96 bits per heavy atom. The van der Waals surface area contributed by atoms with E-state index in [1.54, 1.807) is 12.1 Å². The summed E-state index contributed by atoms with van der Waals surface area (Å²) in [7, 11) is 2.73. The number of phenols is 1. The zero-order valence-corrected chi connectivity index (χ0v) is 14.5. The molecule has 0 unspecified atom stereocenters. The molecule has 0 bridgehead atoms. The van der Waals surface area contributed by atoms with Crippen molar-refractivity contribution in [2.75, 3.05) is 14.2 Å². The number of phenolic OH excluding ortho intramolecular Hbond substituents is 1. The van der Waals surface area contributed by atoms with Crippen LogP contribution in [0.2, 0.25) is 0 Å². The van der Waals surface area contributed by atoms with Crippen LogP contribution in [0.25, 0.3) is 6.08 Å². The largest absolute Gasteiger partial charge is 0.507 e. The lowest BCUT2D eigenvalue weighted by atomic mass is 10.1. The number of methoxy groups -OCH3 is 2. The van der Waals surface area contributed by atoms with E-state index in [4.69, 9.17) is 4.74 Å². The minimum Gasteiger partial charge on any atom is -0.507 e. The number of hydrogen-bond donors (Lipinski definition) is 1. The Hall–Kier alpha value is -2.67. The van der Waals surface area contributed by atoms with Crippen LogP contribution in [0.4, 0.5) is 0 Å². The summed E-state index contributed by atoms with van der Waals surface area (Å²) in [4.78, 5) is 27.8. The number of ketones is 1. The van der Waals surface area contributed by atoms with Gasteiger partial charge in [-0.25, -0.2) is 9.78 Å². The molecular weight excluding hydrogens is 378 g/mol. The van der Waals surface area contributed by atoms with Crippen LogP contribution < -0.4 is 4.74 Å². The average molecular weight is 392 g/mol. The number of rotatable bonds is 5. The Kier molecular flexibility index (Phi) is 5.70. The predicted octanol–water partition coefficient (Wildman–Crippen LogP) is 3.24. The van der Waals surface area contributed by atoms with Gasteiger partial charge in [0.15, 0.2) is 5.78 Å². The van der Waals surface area contributed by atoms with Gasteiger partial charge in [-0.1, -0.05) is 0 Å². The number of carbonyl (C=O) groups is 2. The quantitative estimate of drug-likeness (QED) is 0.478. The number of nitrogens with zero attached hydrogens (tertiary/aromatic N) is 1. The van der Waals surface area contributed by atoms with Crippen molar-refractivity contribution in [3.05, 3.63) is 57.7 Å². The zero-order chi connectivity index (χ0) is 17.7. The predicted molar refractivity (Wildman–Crippen MR) is 91.3 cm³/mol. The second-order valence-electron chi connectivity index (χ2n) is 4.64. The van der Waals surface area contributed by atoms with Crippen LogP contribution in [-0.4, -0.2) is 36.1 Å². The maximum absolute atomic E-state index is 12.2. The molecule has 0 saturated carbocycles. The summed E-state index contributed by atoms with van der Waals surface area (Å²) in [6, 6.07) is 7.39. The highest BCUT2D eigenvalue weighted by molar-refractivity contribution is 9.10. The molecule has 124 valence electrons. The van der Waals surface area contributed by atoms with Crippen molar-refractivity contribution in [2.45, 2.75) is 0 Å². The number of carbonyl (C=O) groups excluding carboxylic acids is 2. The summed E-state index contributed by atoms with van der Waals surface area (Å²) < 4.78 is 10.3. The first-order valence-corrected chi connectivity index (χ1v) is 7.60. The molecule has 1 N–H and O–H groups in total. The van der Waals surface area contributed by atoms with E-state index in [-0.39, 0.29) is 16.9 Å². The highest BCUT2D eigenvalue weighted by atomic mass is 79.9. The second kappa shape index (κ2) is 7.74. The van der Waals surface area contributed by atoms with Crippen molar-refractivity contribution in [1.82, 2.24) is 4.98 Å². The zero-order valence-electron chi connectivity index (χ0n) is 12.9. The first kappa shape index (κ1) is 17.7. The summed E-state index contributed by atoms with van der Waals surface area (Å²) >= 11 is 3.33. The molecule has 0 fully saturated rings. The van der Waals surface area contributed by atoms with Gasteiger partial charge in [0.2, 0.25) is 5.88 Å². The van der Waals surface area contributed by atoms with Gasteiger partial charge in [0.25, 0.3) is 0 Å². The molecule has 0 atom stereocenters. The van der Waals surface area contributed by atoms with E-state index in [1.165, 1.54) is 44.6 Å². The normalized spacial score (nSPS) is 10.6. The van der Waals surface area contributed by atoms with E-state index in [0.717, 1.165) is 0 Å². The summed E-state index contributed by atoms with van der Waals surface area (Å²) in [5, 5.41) is 9.93. The molecule has 7 heteroatoms. The molecule has 1 aromatic carbocycles. The molecule has 2 rings (SSSR count). The second-order valence-corrected chi connectivity index (χ2v) is 5.50. The Morgan fingerprint density at radius 3 is 2.58 bits per heavy atom. The summed E-state index contributed by atoms with van der Waals surface area (Å²) in [5.74, 6) is -0.911. The Morgan fingerprint density at radius 1 is 1.21 bits per heavy atom. The maximum Gasteiger partial charge on any atom is 0.337 e. The topological polar surface area (TPSA) is 85.7 Å². The van der Waals surface area contributed by atoms with Gasteiger partial charge in [-0.3, -0.25) is 4.79 Å². The van der Waals surface area contributed by atoms with Crippen LogP contribution in [0.5, 0.6) is 11.6 Å². The molecule has 2 aromatic rings. The van der Waals surface area contributed by atoms with Crippen molar-refractivity contribution in [3.8, 4) is 11.6 Å². The van der Waals surface area contributed by atoms with Crippen molar-refractivity contribution in [1.29, 1.82) is 0 Å². The van der Waals surface area contributed by atoms with Crippen LogP contribution in [0.15, 0.2) is 40.9 Å². The average Bonchev–Trinajstić information content (AvgIpc) is 2.59. The third kappa shape index (κ3) is 3.99. The van der Waals surface area contributed by atoms with Gasteiger partial charge in [0.05, 0.1) is 31.0 Å². The molecule has 0 amide bonds. The Balaban J connectivity index is 2.25. The molecule has 1 aromatic heterocycles. The lowest BCUT2D eigenvalue weighted by molar-refractivity contribution is 0.0600. The summed E-state index contributed by atoms with van der Waals surface area (Å²) in [6.45, 7) is 0. The van der Waals surface area contributed by atoms with E-state index in [9.17, 15) is 14.7 Å². The monoisotopic (exact) mass is 391 g/mol. The number of allylic oxidation sites excluding steroid dienone is 1. The van der Waals surface area contributed by atoms with Crippen molar-refractivity contribution in [3.63, 3.8) is 0 Å². The van der Waals surface area contributed by atoms with E-state index in [1.807, 2.05) is 0 Å². The minimum absolute atomic E-state index is 0.0675. The van der Waals surface area contributed by atoms with Gasteiger partial charge in [0, 0.05) is 10.5 Å². The molecule has 0 aliphatic carbocycles. The number of esters is 1. The van der Waals surface area contributed by atoms with Gasteiger partial charge in [-0.2, -0.15) is 0 Å². The third-order valence-corrected chi connectivity index (χ3v) is 3.80. The molecular formula is C17H14BrNO5. The molecule has 0 aliphatic heterocycles. The van der Waals surface area contributed by atoms with E-state index < -0.39 is 11.8 Å². The number of ether oxygens (including phenoxy) is 2.